The van der Waals surface area contributed by atoms with Crippen LogP contribution in [0.4, 0.5) is 0 Å². The van der Waals surface area contributed by atoms with Crippen LogP contribution in [0.3, 0.4) is 0 Å². The Labute approximate surface area is 78.1 Å². The topological polar surface area (TPSA) is 72.5 Å². The van der Waals surface area contributed by atoms with E-state index in [1.807, 2.05) is 0 Å². The van der Waals surface area contributed by atoms with Gasteiger partial charge in [0.1, 0.15) is 6.04 Å². The molecule has 0 aromatic carbocycles. The molecule has 1 unspecified atom stereocenters. The molecule has 3 N–H and O–H groups in total. The number of hydrogen-bond acceptors (Lipinski definition) is 3. The number of carboxylic acids is 1. The lowest BCUT2D eigenvalue weighted by Crippen LogP contribution is -2.41. The van der Waals surface area contributed by atoms with Crippen molar-refractivity contribution in [2.24, 2.45) is 5.73 Å². The summed E-state index contributed by atoms with van der Waals surface area (Å²) in [5, 5.41) is 8.58. The second-order valence-electron chi connectivity index (χ2n) is 3.72. The summed E-state index contributed by atoms with van der Waals surface area (Å²) >= 11 is 0. The third-order valence-corrected chi connectivity index (χ3v) is 2.93. The molecule has 0 radical (unpaired) electrons. The summed E-state index contributed by atoms with van der Waals surface area (Å²) < 4.78 is 5.36. The summed E-state index contributed by atoms with van der Waals surface area (Å²) in [6.07, 6.45) is 4.52. The van der Waals surface area contributed by atoms with Crippen LogP contribution in [-0.2, 0) is 9.53 Å². The van der Waals surface area contributed by atoms with Crippen LogP contribution in [0.1, 0.15) is 32.1 Å². The maximum Gasteiger partial charge on any atom is 0.320 e. The summed E-state index contributed by atoms with van der Waals surface area (Å²) in [7, 11) is 1.69. The number of hydrogen-bond donors (Lipinski definition) is 2. The fourth-order valence-corrected chi connectivity index (χ4v) is 1.67. The van der Waals surface area contributed by atoms with Gasteiger partial charge in [0.2, 0.25) is 0 Å². The molecule has 76 valence electrons. The number of nitrogens with two attached hydrogens (primary N) is 1. The first-order chi connectivity index (χ1) is 6.09. The van der Waals surface area contributed by atoms with Gasteiger partial charge in [0.25, 0.3) is 0 Å². The molecule has 1 aliphatic carbocycles. The molecule has 1 rings (SSSR count). The van der Waals surface area contributed by atoms with Crippen LogP contribution in [0, 0.1) is 0 Å². The monoisotopic (exact) mass is 187 g/mol. The van der Waals surface area contributed by atoms with Gasteiger partial charge in [-0.3, -0.25) is 4.79 Å². The van der Waals surface area contributed by atoms with Crippen LogP contribution >= 0.6 is 0 Å². The lowest BCUT2D eigenvalue weighted by molar-refractivity contribution is -0.139. The number of ether oxygens (including phenoxy) is 1. The smallest absolute Gasteiger partial charge is 0.320 e. The molecule has 0 bridgehead atoms. The first-order valence-electron chi connectivity index (χ1n) is 4.63. The Balaban J connectivity index is 2.28. The van der Waals surface area contributed by atoms with Gasteiger partial charge in [0.05, 0.1) is 5.60 Å². The van der Waals surface area contributed by atoms with E-state index >= 15 is 0 Å². The van der Waals surface area contributed by atoms with Gasteiger partial charge in [0, 0.05) is 7.11 Å². The van der Waals surface area contributed by atoms with Crippen molar-refractivity contribution in [1.29, 1.82) is 0 Å². The van der Waals surface area contributed by atoms with Gasteiger partial charge in [-0.05, 0) is 32.1 Å². The van der Waals surface area contributed by atoms with Crippen LogP contribution in [-0.4, -0.2) is 29.8 Å². The van der Waals surface area contributed by atoms with E-state index in [-0.39, 0.29) is 5.60 Å². The van der Waals surface area contributed by atoms with Gasteiger partial charge < -0.3 is 15.6 Å². The average Bonchev–Trinajstić information content (AvgIpc) is 2.02. The van der Waals surface area contributed by atoms with Crippen LogP contribution in [0.15, 0.2) is 0 Å². The fourth-order valence-electron chi connectivity index (χ4n) is 1.67. The highest BCUT2D eigenvalue weighted by atomic mass is 16.5. The molecule has 0 aromatic rings. The second-order valence-corrected chi connectivity index (χ2v) is 3.72. The highest BCUT2D eigenvalue weighted by molar-refractivity contribution is 5.72. The SMILES string of the molecule is COC1(CCC(N)C(=O)O)CCC1. The maximum atomic E-state index is 10.4. The highest BCUT2D eigenvalue weighted by Gasteiger charge is 2.37. The molecule has 0 amide bonds. The quantitative estimate of drug-likeness (QED) is 0.666. The predicted molar refractivity (Wildman–Crippen MR) is 48.4 cm³/mol. The standard InChI is InChI=1S/C9H17NO3/c1-13-9(4-2-5-9)6-3-7(10)8(11)12/h7H,2-6,10H2,1H3,(H,11,12). The van der Waals surface area contributed by atoms with E-state index < -0.39 is 12.0 Å². The molecule has 4 nitrogen and oxygen atoms in total. The van der Waals surface area contributed by atoms with Crippen molar-refractivity contribution in [2.75, 3.05) is 7.11 Å². The third-order valence-electron chi connectivity index (χ3n) is 2.93. The zero-order chi connectivity index (χ0) is 9.90. The Kier molecular flexibility index (Phi) is 3.27. The molecule has 0 heterocycles. The molecule has 0 aromatic heterocycles. The molecule has 0 saturated heterocycles. The molecular weight excluding hydrogens is 170 g/mol. The number of carboxylic acid groups (broad SMARTS) is 1. The molecule has 1 saturated carbocycles. The molecule has 1 aliphatic rings. The van der Waals surface area contributed by atoms with Crippen molar-refractivity contribution in [2.45, 2.75) is 43.7 Å². The van der Waals surface area contributed by atoms with Gasteiger partial charge in [-0.15, -0.1) is 0 Å². The Hall–Kier alpha value is -0.610. The van der Waals surface area contributed by atoms with E-state index in [1.54, 1.807) is 7.11 Å². The Bertz CT molecular complexity index is 184. The number of aliphatic carboxylic acids is 1. The first-order valence-corrected chi connectivity index (χ1v) is 4.63. The maximum absolute atomic E-state index is 10.4. The van der Waals surface area contributed by atoms with Gasteiger partial charge in [-0.25, -0.2) is 0 Å². The molecule has 1 fully saturated rings. The van der Waals surface area contributed by atoms with Gasteiger partial charge in [-0.2, -0.15) is 0 Å². The molecule has 0 spiro atoms. The number of methoxy groups -OCH3 is 1. The minimum absolute atomic E-state index is 0.0624. The number of carbonyl (C=O) groups is 1. The summed E-state index contributed by atoms with van der Waals surface area (Å²) in [5.74, 6) is -0.925. The third kappa shape index (κ3) is 2.42. The van der Waals surface area contributed by atoms with E-state index in [0.29, 0.717) is 6.42 Å². The zero-order valence-corrected chi connectivity index (χ0v) is 7.95. The lowest BCUT2D eigenvalue weighted by atomic mass is 9.76. The van der Waals surface area contributed by atoms with E-state index in [4.69, 9.17) is 15.6 Å². The average molecular weight is 187 g/mol. The van der Waals surface area contributed by atoms with Crippen molar-refractivity contribution in [3.05, 3.63) is 0 Å². The van der Waals surface area contributed by atoms with Gasteiger partial charge >= 0.3 is 5.97 Å². The van der Waals surface area contributed by atoms with Crippen LogP contribution in [0.5, 0.6) is 0 Å². The summed E-state index contributed by atoms with van der Waals surface area (Å²) in [6, 6.07) is -0.743. The van der Waals surface area contributed by atoms with Crippen molar-refractivity contribution in [3.63, 3.8) is 0 Å². The highest BCUT2D eigenvalue weighted by Crippen LogP contribution is 2.38. The van der Waals surface area contributed by atoms with Crippen LogP contribution in [0.25, 0.3) is 0 Å². The Morgan fingerprint density at radius 1 is 1.69 bits per heavy atom. The van der Waals surface area contributed by atoms with Gasteiger partial charge in [0.15, 0.2) is 0 Å². The molecular formula is C9H17NO3. The fraction of sp³-hybridized carbons (Fsp3) is 0.889. The lowest BCUT2D eigenvalue weighted by Gasteiger charge is -2.41. The molecule has 0 aliphatic heterocycles. The van der Waals surface area contributed by atoms with Crippen LogP contribution < -0.4 is 5.73 Å². The largest absolute Gasteiger partial charge is 0.480 e. The van der Waals surface area contributed by atoms with E-state index in [9.17, 15) is 4.79 Å². The van der Waals surface area contributed by atoms with Crippen molar-refractivity contribution >= 4 is 5.97 Å². The summed E-state index contributed by atoms with van der Waals surface area (Å²) in [4.78, 5) is 10.4. The van der Waals surface area contributed by atoms with Crippen molar-refractivity contribution in [3.8, 4) is 0 Å². The molecule has 13 heavy (non-hydrogen) atoms. The summed E-state index contributed by atoms with van der Waals surface area (Å²) in [6.45, 7) is 0. The van der Waals surface area contributed by atoms with E-state index in [2.05, 4.69) is 0 Å². The Morgan fingerprint density at radius 2 is 2.31 bits per heavy atom. The first kappa shape index (κ1) is 10.5. The predicted octanol–water partition coefficient (Wildman–Crippen LogP) is 0.748. The molecule has 4 heteroatoms. The summed E-state index contributed by atoms with van der Waals surface area (Å²) in [5.41, 5.74) is 5.34. The minimum Gasteiger partial charge on any atom is -0.480 e. The zero-order valence-electron chi connectivity index (χ0n) is 7.95. The Morgan fingerprint density at radius 3 is 2.62 bits per heavy atom. The molecule has 1 atom stereocenters. The normalized spacial score (nSPS) is 22.0. The van der Waals surface area contributed by atoms with E-state index in [0.717, 1.165) is 19.3 Å². The van der Waals surface area contributed by atoms with Crippen molar-refractivity contribution in [1.82, 2.24) is 0 Å². The van der Waals surface area contributed by atoms with Crippen LogP contribution in [0.2, 0.25) is 0 Å². The van der Waals surface area contributed by atoms with Gasteiger partial charge in [-0.1, -0.05) is 0 Å². The van der Waals surface area contributed by atoms with Crippen molar-refractivity contribution < 1.29 is 14.6 Å². The second kappa shape index (κ2) is 4.07. The minimum atomic E-state index is -0.925. The number of rotatable bonds is 5. The van der Waals surface area contributed by atoms with E-state index in [1.165, 1.54) is 6.42 Å².